The Morgan fingerprint density at radius 2 is 0.800 bits per heavy atom. The van der Waals surface area contributed by atoms with Crippen molar-refractivity contribution in [2.45, 2.75) is 167 Å². The molecular formula is C27H54O3. The molecule has 2 N–H and O–H groups in total. The number of hydrogen-bond donors (Lipinski definition) is 2. The van der Waals surface area contributed by atoms with Crippen LogP contribution in [0.15, 0.2) is 0 Å². The van der Waals surface area contributed by atoms with Gasteiger partial charge in [-0.25, -0.2) is 0 Å². The monoisotopic (exact) mass is 426 g/mol. The minimum atomic E-state index is -1.59. The highest BCUT2D eigenvalue weighted by Gasteiger charge is 2.47. The highest BCUT2D eigenvalue weighted by Crippen LogP contribution is 2.36. The van der Waals surface area contributed by atoms with E-state index in [1.165, 1.54) is 70.6 Å². The van der Waals surface area contributed by atoms with Crippen LogP contribution >= 0.6 is 0 Å². The molecule has 0 aromatic carbocycles. The van der Waals surface area contributed by atoms with Gasteiger partial charge >= 0.3 is 0 Å². The molecule has 0 fully saturated rings. The van der Waals surface area contributed by atoms with Crippen molar-refractivity contribution in [3.63, 3.8) is 0 Å². The van der Waals surface area contributed by atoms with Crippen molar-refractivity contribution in [3.8, 4) is 0 Å². The number of carbonyl (C=O) groups is 1. The molecule has 3 heteroatoms. The van der Waals surface area contributed by atoms with E-state index >= 15 is 0 Å². The molecule has 0 saturated heterocycles. The zero-order valence-electron chi connectivity index (χ0n) is 20.7. The Balaban J connectivity index is 4.72. The third-order valence-corrected chi connectivity index (χ3v) is 6.80. The normalized spacial score (nSPS) is 14.0. The molecule has 1 unspecified atom stereocenters. The van der Waals surface area contributed by atoms with Crippen LogP contribution < -0.4 is 0 Å². The molecule has 0 aromatic rings. The number of aldehydes is 1. The summed E-state index contributed by atoms with van der Waals surface area (Å²) < 4.78 is 0. The van der Waals surface area contributed by atoms with Gasteiger partial charge in [0.25, 0.3) is 0 Å². The second-order valence-electron chi connectivity index (χ2n) is 9.63. The van der Waals surface area contributed by atoms with Crippen molar-refractivity contribution in [1.29, 1.82) is 0 Å². The van der Waals surface area contributed by atoms with Gasteiger partial charge in [0.05, 0.1) is 0 Å². The van der Waals surface area contributed by atoms with E-state index in [4.69, 9.17) is 0 Å². The highest BCUT2D eigenvalue weighted by molar-refractivity contribution is 5.64. The van der Waals surface area contributed by atoms with Crippen LogP contribution in [0, 0.1) is 0 Å². The molecule has 0 heterocycles. The summed E-state index contributed by atoms with van der Waals surface area (Å²) in [6.45, 7) is 6.63. The Morgan fingerprint density at radius 3 is 1.13 bits per heavy atom. The Morgan fingerprint density at radius 1 is 0.500 bits per heavy atom. The molecule has 0 bridgehead atoms. The van der Waals surface area contributed by atoms with Crippen molar-refractivity contribution in [2.24, 2.45) is 0 Å². The Hall–Kier alpha value is -0.410. The molecule has 0 aliphatic carbocycles. The van der Waals surface area contributed by atoms with Crippen molar-refractivity contribution >= 4 is 6.29 Å². The van der Waals surface area contributed by atoms with Crippen LogP contribution in [0.25, 0.3) is 0 Å². The van der Waals surface area contributed by atoms with E-state index in [-0.39, 0.29) is 0 Å². The average molecular weight is 427 g/mol. The summed E-state index contributed by atoms with van der Waals surface area (Å²) in [6, 6.07) is 0. The second-order valence-corrected chi connectivity index (χ2v) is 9.63. The van der Waals surface area contributed by atoms with Crippen LogP contribution in [0.5, 0.6) is 0 Å². The lowest BCUT2D eigenvalue weighted by atomic mass is 9.73. The maximum Gasteiger partial charge on any atom is 0.154 e. The van der Waals surface area contributed by atoms with Gasteiger partial charge in [-0.15, -0.1) is 0 Å². The number of hydrogen-bond acceptors (Lipinski definition) is 3. The van der Waals surface area contributed by atoms with E-state index in [0.29, 0.717) is 25.5 Å². The van der Waals surface area contributed by atoms with Crippen LogP contribution in [0.2, 0.25) is 0 Å². The Bertz CT molecular complexity index is 366. The number of unbranched alkanes of at least 4 members (excludes halogenated alkanes) is 15. The molecule has 0 radical (unpaired) electrons. The van der Waals surface area contributed by atoms with E-state index in [2.05, 4.69) is 20.8 Å². The summed E-state index contributed by atoms with van der Waals surface area (Å²) in [7, 11) is 0. The first kappa shape index (κ1) is 29.6. The Labute approximate surface area is 188 Å². The molecular weight excluding hydrogens is 372 g/mol. The zero-order valence-corrected chi connectivity index (χ0v) is 20.7. The minimum absolute atomic E-state index is 0.394. The number of aliphatic hydroxyl groups is 2. The van der Waals surface area contributed by atoms with Crippen molar-refractivity contribution in [1.82, 2.24) is 0 Å². The second kappa shape index (κ2) is 19.3. The standard InChI is InChI=1S/C27H54O3/c1-4-7-10-13-16-19-22-26(29,23-20-17-14-11-8-5-2)27(30,25-28)24-21-18-15-12-9-6-3/h25,29-30H,4-24H2,1-3H3. The van der Waals surface area contributed by atoms with Crippen LogP contribution in [-0.4, -0.2) is 27.7 Å². The lowest BCUT2D eigenvalue weighted by Crippen LogP contribution is -2.55. The van der Waals surface area contributed by atoms with Crippen LogP contribution in [0.4, 0.5) is 0 Å². The first-order valence-corrected chi connectivity index (χ1v) is 13.4. The fourth-order valence-electron chi connectivity index (χ4n) is 4.53. The molecule has 0 amide bonds. The molecule has 1 atom stereocenters. The van der Waals surface area contributed by atoms with Gasteiger partial charge in [0, 0.05) is 0 Å². The first-order chi connectivity index (χ1) is 14.5. The van der Waals surface area contributed by atoms with E-state index in [1.807, 2.05) is 0 Å². The molecule has 0 aliphatic rings. The molecule has 0 rings (SSSR count). The maximum atomic E-state index is 12.0. The topological polar surface area (TPSA) is 57.5 Å². The van der Waals surface area contributed by atoms with E-state index in [1.54, 1.807) is 0 Å². The molecule has 0 spiro atoms. The van der Waals surface area contributed by atoms with Gasteiger partial charge in [0.15, 0.2) is 6.29 Å². The third-order valence-electron chi connectivity index (χ3n) is 6.80. The summed E-state index contributed by atoms with van der Waals surface area (Å²) in [5, 5.41) is 22.7. The molecule has 180 valence electrons. The fraction of sp³-hybridized carbons (Fsp3) is 0.963. The van der Waals surface area contributed by atoms with Gasteiger partial charge in [-0.1, -0.05) is 136 Å². The summed E-state index contributed by atoms with van der Waals surface area (Å²) in [4.78, 5) is 12.0. The summed E-state index contributed by atoms with van der Waals surface area (Å²) in [6.07, 6.45) is 22.6. The lowest BCUT2D eigenvalue weighted by molar-refractivity contribution is -0.170. The predicted molar refractivity (Wildman–Crippen MR) is 130 cm³/mol. The van der Waals surface area contributed by atoms with Crippen LogP contribution in [0.3, 0.4) is 0 Å². The Kier molecular flexibility index (Phi) is 19.0. The smallest absolute Gasteiger partial charge is 0.154 e. The highest BCUT2D eigenvalue weighted by atomic mass is 16.4. The molecule has 3 nitrogen and oxygen atoms in total. The molecule has 0 aliphatic heterocycles. The quantitative estimate of drug-likeness (QED) is 0.129. The van der Waals surface area contributed by atoms with Gasteiger partial charge < -0.3 is 15.0 Å². The van der Waals surface area contributed by atoms with Crippen molar-refractivity contribution < 1.29 is 15.0 Å². The average Bonchev–Trinajstić information content (AvgIpc) is 2.75. The SMILES string of the molecule is CCCCCCCCC(O)(C=O)C(O)(CCCCCCCC)CCCCCCCC. The van der Waals surface area contributed by atoms with Gasteiger partial charge in [-0.05, 0) is 19.3 Å². The first-order valence-electron chi connectivity index (χ1n) is 13.4. The summed E-state index contributed by atoms with van der Waals surface area (Å²) in [5.41, 5.74) is -2.86. The van der Waals surface area contributed by atoms with E-state index in [0.717, 1.165) is 44.9 Å². The number of carbonyl (C=O) groups excluding carboxylic acids is 1. The van der Waals surface area contributed by atoms with Gasteiger partial charge in [0.1, 0.15) is 11.2 Å². The molecule has 0 aromatic heterocycles. The number of rotatable bonds is 23. The van der Waals surface area contributed by atoms with Gasteiger partial charge in [0.2, 0.25) is 0 Å². The summed E-state index contributed by atoms with van der Waals surface area (Å²) >= 11 is 0. The molecule has 30 heavy (non-hydrogen) atoms. The minimum Gasteiger partial charge on any atom is -0.386 e. The van der Waals surface area contributed by atoms with Crippen LogP contribution in [0.1, 0.15) is 156 Å². The maximum absolute atomic E-state index is 12.0. The van der Waals surface area contributed by atoms with Crippen molar-refractivity contribution in [2.75, 3.05) is 0 Å². The summed E-state index contributed by atoms with van der Waals surface area (Å²) in [5.74, 6) is 0. The largest absolute Gasteiger partial charge is 0.386 e. The molecule has 0 saturated carbocycles. The van der Waals surface area contributed by atoms with E-state index < -0.39 is 11.2 Å². The van der Waals surface area contributed by atoms with Gasteiger partial charge in [-0.2, -0.15) is 0 Å². The van der Waals surface area contributed by atoms with E-state index in [9.17, 15) is 15.0 Å². The van der Waals surface area contributed by atoms with Crippen LogP contribution in [-0.2, 0) is 4.79 Å². The lowest BCUT2D eigenvalue weighted by Gasteiger charge is -2.41. The predicted octanol–water partition coefficient (Wildman–Crippen LogP) is 7.90. The van der Waals surface area contributed by atoms with Gasteiger partial charge in [-0.3, -0.25) is 0 Å². The fourth-order valence-corrected chi connectivity index (χ4v) is 4.53. The third kappa shape index (κ3) is 13.1. The zero-order chi connectivity index (χ0) is 22.6. The van der Waals surface area contributed by atoms with Crippen molar-refractivity contribution in [3.05, 3.63) is 0 Å².